The van der Waals surface area contributed by atoms with E-state index in [1.165, 1.54) is 19.0 Å². The number of carbonyl (C=O) groups is 3. The Kier molecular flexibility index (Phi) is 10.8. The van der Waals surface area contributed by atoms with Gasteiger partial charge in [-0.1, -0.05) is 38.1 Å². The number of rotatable bonds is 12. The highest BCUT2D eigenvalue weighted by Gasteiger charge is 2.28. The number of carbonyl (C=O) groups excluding carboxylic acids is 3. The van der Waals surface area contributed by atoms with Crippen LogP contribution in [-0.4, -0.2) is 36.5 Å². The van der Waals surface area contributed by atoms with Crippen LogP contribution in [0.2, 0.25) is 0 Å². The number of hydrogen-bond acceptors (Lipinski definition) is 8. The Labute approximate surface area is 211 Å². The topological polar surface area (TPSA) is 149 Å². The molecule has 0 radical (unpaired) electrons. The molecule has 10 heteroatoms. The quantitative estimate of drug-likeness (QED) is 0.151. The standard InChI is InChI=1S/C26H35N5O5/c1-17(2)13-22(26(34)35-4)25(33)30-21-11-9-19(10-12-21)14-31(28)15-20(27)16-36-24-8-6-5-7-23(24)29-18(3)32/h5-12,15,17,22H,13-14,16,27-28H2,1-4H3,(H,29,32)(H,30,33)/b20-15-. The second-order valence-electron chi connectivity index (χ2n) is 8.73. The van der Waals surface area contributed by atoms with E-state index in [1.54, 1.807) is 42.6 Å². The lowest BCUT2D eigenvalue weighted by Gasteiger charge is -2.18. The second-order valence-corrected chi connectivity index (χ2v) is 8.73. The predicted molar refractivity (Wildman–Crippen MR) is 138 cm³/mol. The summed E-state index contributed by atoms with van der Waals surface area (Å²) in [5, 5.41) is 6.88. The summed E-state index contributed by atoms with van der Waals surface area (Å²) in [7, 11) is 1.27. The van der Waals surface area contributed by atoms with Crippen molar-refractivity contribution in [2.45, 2.75) is 33.7 Å². The summed E-state index contributed by atoms with van der Waals surface area (Å²) in [6.07, 6.45) is 1.96. The molecule has 2 rings (SSSR count). The van der Waals surface area contributed by atoms with Gasteiger partial charge in [-0.3, -0.25) is 14.4 Å². The molecule has 2 aromatic rings. The molecule has 0 aliphatic carbocycles. The van der Waals surface area contributed by atoms with Gasteiger partial charge in [0.25, 0.3) is 0 Å². The fourth-order valence-electron chi connectivity index (χ4n) is 3.40. The van der Waals surface area contributed by atoms with Crippen LogP contribution in [0.25, 0.3) is 0 Å². The van der Waals surface area contributed by atoms with Crippen molar-refractivity contribution in [3.8, 4) is 5.75 Å². The molecule has 10 nitrogen and oxygen atoms in total. The number of methoxy groups -OCH3 is 1. The molecule has 0 aliphatic heterocycles. The number of para-hydroxylation sites is 2. The van der Waals surface area contributed by atoms with E-state index in [9.17, 15) is 14.4 Å². The van der Waals surface area contributed by atoms with Crippen molar-refractivity contribution in [1.29, 1.82) is 0 Å². The maximum absolute atomic E-state index is 12.6. The molecule has 2 amide bonds. The minimum absolute atomic E-state index is 0.0764. The highest BCUT2D eigenvalue weighted by molar-refractivity contribution is 6.04. The average Bonchev–Trinajstić information content (AvgIpc) is 2.82. The zero-order valence-corrected chi connectivity index (χ0v) is 21.1. The zero-order valence-electron chi connectivity index (χ0n) is 21.1. The summed E-state index contributed by atoms with van der Waals surface area (Å²) in [6, 6.07) is 14.2. The van der Waals surface area contributed by atoms with Gasteiger partial charge in [0.15, 0.2) is 0 Å². The molecule has 0 fully saturated rings. The molecule has 0 bridgehead atoms. The van der Waals surface area contributed by atoms with E-state index in [1.807, 2.05) is 26.0 Å². The summed E-state index contributed by atoms with van der Waals surface area (Å²) in [6.45, 7) is 5.73. The SMILES string of the molecule is COC(=O)C(CC(C)C)C(=O)Nc1ccc(CN(N)/C=C(\N)COc2ccccc2NC(C)=O)cc1. The van der Waals surface area contributed by atoms with E-state index >= 15 is 0 Å². The Morgan fingerprint density at radius 3 is 2.33 bits per heavy atom. The minimum Gasteiger partial charge on any atom is -0.485 e. The Morgan fingerprint density at radius 2 is 1.72 bits per heavy atom. The van der Waals surface area contributed by atoms with Crippen LogP contribution in [0.5, 0.6) is 5.75 Å². The third-order valence-electron chi connectivity index (χ3n) is 5.02. The normalized spacial score (nSPS) is 12.0. The molecule has 2 aromatic carbocycles. The van der Waals surface area contributed by atoms with Crippen molar-refractivity contribution < 1.29 is 23.9 Å². The lowest BCUT2D eigenvalue weighted by atomic mass is 9.96. The van der Waals surface area contributed by atoms with Gasteiger partial charge in [-0.05, 0) is 42.2 Å². The number of hydrogen-bond donors (Lipinski definition) is 4. The van der Waals surface area contributed by atoms with Gasteiger partial charge in [-0.2, -0.15) is 0 Å². The average molecular weight is 498 g/mol. The number of amides is 2. The Balaban J connectivity index is 1.92. The van der Waals surface area contributed by atoms with Crippen LogP contribution >= 0.6 is 0 Å². The Morgan fingerprint density at radius 1 is 1.06 bits per heavy atom. The van der Waals surface area contributed by atoms with E-state index < -0.39 is 17.8 Å². The smallest absolute Gasteiger partial charge is 0.318 e. The molecule has 0 spiro atoms. The molecule has 0 heterocycles. The van der Waals surface area contributed by atoms with Crippen LogP contribution < -0.4 is 26.9 Å². The van der Waals surface area contributed by atoms with Crippen molar-refractivity contribution >= 4 is 29.2 Å². The third kappa shape index (κ3) is 9.30. The van der Waals surface area contributed by atoms with Gasteiger partial charge in [-0.15, -0.1) is 0 Å². The summed E-state index contributed by atoms with van der Waals surface area (Å²) < 4.78 is 10.5. The van der Waals surface area contributed by atoms with Crippen LogP contribution in [0.4, 0.5) is 11.4 Å². The highest BCUT2D eigenvalue weighted by atomic mass is 16.5. The minimum atomic E-state index is -0.866. The number of ether oxygens (including phenoxy) is 2. The molecule has 6 N–H and O–H groups in total. The van der Waals surface area contributed by atoms with Crippen molar-refractivity contribution in [1.82, 2.24) is 5.01 Å². The molecule has 0 saturated carbocycles. The molecule has 0 aliphatic rings. The second kappa shape index (κ2) is 13.7. The van der Waals surface area contributed by atoms with Gasteiger partial charge >= 0.3 is 5.97 Å². The van der Waals surface area contributed by atoms with Gasteiger partial charge in [0, 0.05) is 18.8 Å². The highest BCUT2D eigenvalue weighted by Crippen LogP contribution is 2.24. The number of nitrogens with zero attached hydrogens (tertiary/aromatic N) is 1. The van der Waals surface area contributed by atoms with Gasteiger partial charge in [0.2, 0.25) is 11.8 Å². The maximum atomic E-state index is 12.6. The molecule has 1 atom stereocenters. The number of esters is 1. The van der Waals surface area contributed by atoms with E-state index in [4.69, 9.17) is 21.1 Å². The van der Waals surface area contributed by atoms with E-state index in [2.05, 4.69) is 10.6 Å². The number of nitrogens with two attached hydrogens (primary N) is 2. The van der Waals surface area contributed by atoms with Crippen molar-refractivity contribution in [3.05, 3.63) is 66.0 Å². The van der Waals surface area contributed by atoms with E-state index in [0.29, 0.717) is 35.8 Å². The molecule has 0 saturated heterocycles. The van der Waals surface area contributed by atoms with E-state index in [0.717, 1.165) is 5.56 Å². The van der Waals surface area contributed by atoms with Crippen LogP contribution in [0.3, 0.4) is 0 Å². The molecular weight excluding hydrogens is 462 g/mol. The van der Waals surface area contributed by atoms with Crippen molar-refractivity contribution in [3.63, 3.8) is 0 Å². The third-order valence-corrected chi connectivity index (χ3v) is 5.02. The fourth-order valence-corrected chi connectivity index (χ4v) is 3.40. The molecule has 0 aromatic heterocycles. The lowest BCUT2D eigenvalue weighted by Crippen LogP contribution is -2.31. The first-order chi connectivity index (χ1) is 17.1. The summed E-state index contributed by atoms with van der Waals surface area (Å²) >= 11 is 0. The largest absolute Gasteiger partial charge is 0.485 e. The van der Waals surface area contributed by atoms with Crippen LogP contribution in [-0.2, 0) is 25.7 Å². The maximum Gasteiger partial charge on any atom is 0.318 e. The molecule has 36 heavy (non-hydrogen) atoms. The molecule has 194 valence electrons. The van der Waals surface area contributed by atoms with Crippen LogP contribution in [0.1, 0.15) is 32.8 Å². The van der Waals surface area contributed by atoms with Gasteiger partial charge in [-0.25, -0.2) is 5.84 Å². The van der Waals surface area contributed by atoms with Crippen molar-refractivity contribution in [2.75, 3.05) is 24.4 Å². The zero-order chi connectivity index (χ0) is 26.7. The monoisotopic (exact) mass is 497 g/mol. The van der Waals surface area contributed by atoms with Crippen LogP contribution in [0.15, 0.2) is 60.4 Å². The number of nitrogens with one attached hydrogen (secondary N) is 2. The first-order valence-corrected chi connectivity index (χ1v) is 11.5. The van der Waals surface area contributed by atoms with Gasteiger partial charge < -0.3 is 30.8 Å². The first-order valence-electron chi connectivity index (χ1n) is 11.5. The Bertz CT molecular complexity index is 1070. The van der Waals surface area contributed by atoms with Crippen LogP contribution in [0, 0.1) is 11.8 Å². The van der Waals surface area contributed by atoms with Crippen molar-refractivity contribution in [2.24, 2.45) is 23.4 Å². The number of hydrazine groups is 1. The van der Waals surface area contributed by atoms with Gasteiger partial charge in [0.05, 0.1) is 25.0 Å². The fraction of sp³-hybridized carbons (Fsp3) is 0.346. The molecule has 1 unspecified atom stereocenters. The number of benzene rings is 2. The summed E-state index contributed by atoms with van der Waals surface area (Å²) in [5.41, 5.74) is 8.43. The number of anilines is 2. The van der Waals surface area contributed by atoms with E-state index in [-0.39, 0.29) is 18.4 Å². The summed E-state index contributed by atoms with van der Waals surface area (Å²) in [5.74, 6) is 4.70. The Hall–Kier alpha value is -4.05. The lowest BCUT2D eigenvalue weighted by molar-refractivity contribution is -0.149. The van der Waals surface area contributed by atoms with Gasteiger partial charge in [0.1, 0.15) is 18.3 Å². The summed E-state index contributed by atoms with van der Waals surface area (Å²) in [4.78, 5) is 35.9. The predicted octanol–water partition coefficient (Wildman–Crippen LogP) is 2.97. The molecular formula is C26H35N5O5. The first kappa shape index (κ1) is 28.2.